The lowest BCUT2D eigenvalue weighted by atomic mass is 9.82. The van der Waals surface area contributed by atoms with Gasteiger partial charge in [0.2, 0.25) is 0 Å². The number of aliphatic carboxylic acids is 1. The molecule has 3 nitrogen and oxygen atoms in total. The fourth-order valence-corrected chi connectivity index (χ4v) is 1.11. The number of rotatable bonds is 4. The van der Waals surface area contributed by atoms with Crippen molar-refractivity contribution in [3.05, 3.63) is 0 Å². The standard InChI is InChI=1S/C11H20O3/c1-7(2)8(10(13)14)6-9(12)11(3,4)5/h7-8H,6H2,1-5H3,(H,13,14)/t8-/m0/s1. The van der Waals surface area contributed by atoms with E-state index < -0.39 is 17.3 Å². The Labute approximate surface area is 85.5 Å². The summed E-state index contributed by atoms with van der Waals surface area (Å²) in [6.45, 7) is 9.10. The van der Waals surface area contributed by atoms with Crippen LogP contribution in [0, 0.1) is 17.3 Å². The first-order valence-electron chi connectivity index (χ1n) is 4.92. The SMILES string of the molecule is CC(C)[C@H](CC(=O)C(C)(C)C)C(=O)O. The van der Waals surface area contributed by atoms with Crippen molar-refractivity contribution in [2.45, 2.75) is 41.0 Å². The van der Waals surface area contributed by atoms with Gasteiger partial charge in [-0.15, -0.1) is 0 Å². The molecule has 0 aliphatic carbocycles. The molecule has 0 spiro atoms. The van der Waals surface area contributed by atoms with Crippen LogP contribution in [0.1, 0.15) is 41.0 Å². The zero-order chi connectivity index (χ0) is 11.5. The van der Waals surface area contributed by atoms with Crippen molar-refractivity contribution in [1.82, 2.24) is 0 Å². The average Bonchev–Trinajstić information content (AvgIpc) is 1.96. The van der Waals surface area contributed by atoms with Gasteiger partial charge in [0.25, 0.3) is 0 Å². The van der Waals surface area contributed by atoms with Crippen molar-refractivity contribution in [1.29, 1.82) is 0 Å². The fourth-order valence-electron chi connectivity index (χ4n) is 1.11. The summed E-state index contributed by atoms with van der Waals surface area (Å²) in [5, 5.41) is 8.91. The second kappa shape index (κ2) is 4.58. The zero-order valence-electron chi connectivity index (χ0n) is 9.63. The van der Waals surface area contributed by atoms with E-state index in [1.807, 2.05) is 34.6 Å². The Morgan fingerprint density at radius 3 is 1.86 bits per heavy atom. The maximum absolute atomic E-state index is 11.6. The largest absolute Gasteiger partial charge is 0.481 e. The summed E-state index contributed by atoms with van der Waals surface area (Å²) >= 11 is 0. The Kier molecular flexibility index (Phi) is 4.30. The number of carbonyl (C=O) groups is 2. The van der Waals surface area contributed by atoms with E-state index in [2.05, 4.69) is 0 Å². The number of carboxylic acid groups (broad SMARTS) is 1. The molecule has 3 heteroatoms. The quantitative estimate of drug-likeness (QED) is 0.757. The highest BCUT2D eigenvalue weighted by atomic mass is 16.4. The Hall–Kier alpha value is -0.860. The lowest BCUT2D eigenvalue weighted by molar-refractivity contribution is -0.146. The molecule has 0 saturated carbocycles. The molecule has 0 radical (unpaired) electrons. The van der Waals surface area contributed by atoms with E-state index >= 15 is 0 Å². The molecule has 1 atom stereocenters. The first kappa shape index (κ1) is 13.1. The number of hydrogen-bond acceptors (Lipinski definition) is 2. The zero-order valence-corrected chi connectivity index (χ0v) is 9.63. The van der Waals surface area contributed by atoms with Gasteiger partial charge in [-0.2, -0.15) is 0 Å². The Morgan fingerprint density at radius 2 is 1.64 bits per heavy atom. The monoisotopic (exact) mass is 200 g/mol. The van der Waals surface area contributed by atoms with Crippen molar-refractivity contribution < 1.29 is 14.7 Å². The molecule has 0 bridgehead atoms. The molecule has 0 aliphatic rings. The van der Waals surface area contributed by atoms with Crippen molar-refractivity contribution in [2.24, 2.45) is 17.3 Å². The van der Waals surface area contributed by atoms with Gasteiger partial charge in [-0.3, -0.25) is 9.59 Å². The van der Waals surface area contributed by atoms with Crippen LogP contribution >= 0.6 is 0 Å². The van der Waals surface area contributed by atoms with Gasteiger partial charge in [-0.25, -0.2) is 0 Å². The molecule has 0 amide bonds. The minimum absolute atomic E-state index is 0.00111. The number of carboxylic acids is 1. The van der Waals surface area contributed by atoms with E-state index in [4.69, 9.17) is 5.11 Å². The summed E-state index contributed by atoms with van der Waals surface area (Å²) in [6, 6.07) is 0. The van der Waals surface area contributed by atoms with Gasteiger partial charge in [-0.05, 0) is 5.92 Å². The third kappa shape index (κ3) is 3.90. The molecule has 1 N–H and O–H groups in total. The molecular weight excluding hydrogens is 180 g/mol. The fraction of sp³-hybridized carbons (Fsp3) is 0.818. The normalized spacial score (nSPS) is 14.1. The molecule has 14 heavy (non-hydrogen) atoms. The topological polar surface area (TPSA) is 54.4 Å². The van der Waals surface area contributed by atoms with Crippen LogP contribution in [0.4, 0.5) is 0 Å². The van der Waals surface area contributed by atoms with Gasteiger partial charge in [0.15, 0.2) is 0 Å². The number of hydrogen-bond donors (Lipinski definition) is 1. The summed E-state index contributed by atoms with van der Waals surface area (Å²) in [5.74, 6) is -1.42. The highest BCUT2D eigenvalue weighted by Gasteiger charge is 2.29. The number of carbonyl (C=O) groups excluding carboxylic acids is 1. The molecule has 0 aromatic heterocycles. The van der Waals surface area contributed by atoms with E-state index in [1.54, 1.807) is 0 Å². The maximum Gasteiger partial charge on any atom is 0.307 e. The number of Topliss-reactive ketones (excluding diaryl/α,β-unsaturated/α-hetero) is 1. The van der Waals surface area contributed by atoms with E-state index in [0.717, 1.165) is 0 Å². The lowest BCUT2D eigenvalue weighted by Gasteiger charge is -2.21. The summed E-state index contributed by atoms with van der Waals surface area (Å²) < 4.78 is 0. The molecule has 0 aliphatic heterocycles. The smallest absolute Gasteiger partial charge is 0.307 e. The van der Waals surface area contributed by atoms with Gasteiger partial charge in [-0.1, -0.05) is 34.6 Å². The molecule has 0 saturated heterocycles. The molecular formula is C11H20O3. The van der Waals surface area contributed by atoms with E-state index in [1.165, 1.54) is 0 Å². The molecule has 0 unspecified atom stereocenters. The summed E-state index contributed by atoms with van der Waals surface area (Å²) in [4.78, 5) is 22.5. The molecule has 0 aromatic carbocycles. The molecule has 0 aromatic rings. The van der Waals surface area contributed by atoms with Crippen LogP contribution in [-0.4, -0.2) is 16.9 Å². The van der Waals surface area contributed by atoms with Crippen LogP contribution in [0.15, 0.2) is 0 Å². The van der Waals surface area contributed by atoms with Crippen molar-refractivity contribution >= 4 is 11.8 Å². The van der Waals surface area contributed by atoms with Crippen LogP contribution in [0.25, 0.3) is 0 Å². The van der Waals surface area contributed by atoms with Crippen LogP contribution in [0.2, 0.25) is 0 Å². The second-order valence-electron chi connectivity index (χ2n) is 5.07. The van der Waals surface area contributed by atoms with Crippen molar-refractivity contribution in [3.8, 4) is 0 Å². The Morgan fingerprint density at radius 1 is 1.21 bits per heavy atom. The Bertz CT molecular complexity index is 223. The van der Waals surface area contributed by atoms with Crippen LogP contribution < -0.4 is 0 Å². The highest BCUT2D eigenvalue weighted by Crippen LogP contribution is 2.23. The van der Waals surface area contributed by atoms with Crippen molar-refractivity contribution in [2.75, 3.05) is 0 Å². The predicted octanol–water partition coefficient (Wildman–Crippen LogP) is 2.35. The van der Waals surface area contributed by atoms with E-state index in [0.29, 0.717) is 0 Å². The minimum atomic E-state index is -0.877. The molecule has 0 fully saturated rings. The second-order valence-corrected chi connectivity index (χ2v) is 5.07. The first-order valence-corrected chi connectivity index (χ1v) is 4.92. The Balaban J connectivity index is 4.48. The summed E-state index contributed by atoms with van der Waals surface area (Å²) in [7, 11) is 0. The van der Waals surface area contributed by atoms with Gasteiger partial charge in [0, 0.05) is 11.8 Å². The van der Waals surface area contributed by atoms with E-state index in [-0.39, 0.29) is 18.1 Å². The third-order valence-electron chi connectivity index (χ3n) is 2.36. The van der Waals surface area contributed by atoms with Crippen LogP contribution in [0.5, 0.6) is 0 Å². The third-order valence-corrected chi connectivity index (χ3v) is 2.36. The average molecular weight is 200 g/mol. The minimum Gasteiger partial charge on any atom is -0.481 e. The van der Waals surface area contributed by atoms with E-state index in [9.17, 15) is 9.59 Å². The van der Waals surface area contributed by atoms with Crippen LogP contribution in [-0.2, 0) is 9.59 Å². The molecule has 0 rings (SSSR count). The van der Waals surface area contributed by atoms with Gasteiger partial charge < -0.3 is 5.11 Å². The van der Waals surface area contributed by atoms with Gasteiger partial charge >= 0.3 is 5.97 Å². The van der Waals surface area contributed by atoms with Crippen molar-refractivity contribution in [3.63, 3.8) is 0 Å². The highest BCUT2D eigenvalue weighted by molar-refractivity contribution is 5.87. The van der Waals surface area contributed by atoms with Gasteiger partial charge in [0.05, 0.1) is 5.92 Å². The molecule has 82 valence electrons. The first-order chi connectivity index (χ1) is 6.16. The number of ketones is 1. The van der Waals surface area contributed by atoms with Crippen LogP contribution in [0.3, 0.4) is 0 Å². The predicted molar refractivity (Wildman–Crippen MR) is 55.0 cm³/mol. The molecule has 0 heterocycles. The van der Waals surface area contributed by atoms with Gasteiger partial charge in [0.1, 0.15) is 5.78 Å². The maximum atomic E-state index is 11.6. The summed E-state index contributed by atoms with van der Waals surface area (Å²) in [5.41, 5.74) is -0.442. The summed E-state index contributed by atoms with van der Waals surface area (Å²) in [6.07, 6.45) is 0.135. The lowest BCUT2D eigenvalue weighted by Crippen LogP contribution is -2.29.